The molecule has 2 saturated heterocycles. The van der Waals surface area contributed by atoms with Gasteiger partial charge < -0.3 is 10.2 Å². The minimum Gasteiger partial charge on any atom is -0.341 e. The highest BCUT2D eigenvalue weighted by atomic mass is 32.1. The summed E-state index contributed by atoms with van der Waals surface area (Å²) in [7, 11) is 0. The van der Waals surface area contributed by atoms with Gasteiger partial charge in [-0.3, -0.25) is 4.79 Å². The van der Waals surface area contributed by atoms with Crippen LogP contribution in [0.4, 0.5) is 0 Å². The third kappa shape index (κ3) is 2.88. The minimum absolute atomic E-state index is 0.0660. The zero-order chi connectivity index (χ0) is 13.9. The van der Waals surface area contributed by atoms with E-state index in [1.54, 1.807) is 11.3 Å². The third-order valence-corrected chi connectivity index (χ3v) is 5.43. The minimum atomic E-state index is 0.0660. The molecule has 2 atom stereocenters. The molecule has 0 bridgehead atoms. The number of aryl methyl sites for hydroxylation is 1. The normalized spacial score (nSPS) is 26.9. The van der Waals surface area contributed by atoms with E-state index in [0.717, 1.165) is 45.3 Å². The average molecular weight is 293 g/mol. The van der Waals surface area contributed by atoms with Crippen molar-refractivity contribution in [1.82, 2.24) is 15.2 Å². The van der Waals surface area contributed by atoms with Crippen molar-refractivity contribution in [3.63, 3.8) is 0 Å². The molecule has 1 unspecified atom stereocenters. The van der Waals surface area contributed by atoms with Gasteiger partial charge in [-0.2, -0.15) is 0 Å². The molecule has 5 heteroatoms. The molecule has 1 aromatic rings. The summed E-state index contributed by atoms with van der Waals surface area (Å²) >= 11 is 1.76. The van der Waals surface area contributed by atoms with Crippen LogP contribution in [0.3, 0.4) is 0 Å². The molecule has 1 amide bonds. The second-order valence-corrected chi connectivity index (χ2v) is 6.69. The first-order chi connectivity index (χ1) is 9.78. The Hall–Kier alpha value is -0.940. The largest absolute Gasteiger partial charge is 0.341 e. The number of likely N-dealkylation sites (tertiary alicyclic amines) is 1. The lowest BCUT2D eigenvalue weighted by Crippen LogP contribution is -2.47. The van der Waals surface area contributed by atoms with Crippen molar-refractivity contribution in [3.05, 3.63) is 16.1 Å². The number of aromatic nitrogens is 1. The van der Waals surface area contributed by atoms with E-state index in [9.17, 15) is 4.79 Å². The molecule has 20 heavy (non-hydrogen) atoms. The highest BCUT2D eigenvalue weighted by Gasteiger charge is 2.31. The average Bonchev–Trinajstić information content (AvgIpc) is 3.17. The number of nitrogens with zero attached hydrogens (tertiary/aromatic N) is 2. The van der Waals surface area contributed by atoms with Gasteiger partial charge >= 0.3 is 0 Å². The van der Waals surface area contributed by atoms with Gasteiger partial charge in [0.1, 0.15) is 0 Å². The standard InChI is InChI=1S/C15H23N3OS/c1-2-12-10-20-14(17-12)11-5-4-8-18(9-11)15(19)13-6-3-7-16-13/h10-11,13,16H,2-9H2,1H3/t11?,13-/m0/s1. The number of thiazole rings is 1. The van der Waals surface area contributed by atoms with E-state index < -0.39 is 0 Å². The first-order valence-electron chi connectivity index (χ1n) is 7.74. The predicted octanol–water partition coefficient (Wildman–Crippen LogP) is 2.16. The van der Waals surface area contributed by atoms with Crippen LogP contribution in [-0.2, 0) is 11.2 Å². The Morgan fingerprint density at radius 2 is 2.40 bits per heavy atom. The van der Waals surface area contributed by atoms with Crippen molar-refractivity contribution in [3.8, 4) is 0 Å². The molecular weight excluding hydrogens is 270 g/mol. The highest BCUT2D eigenvalue weighted by molar-refractivity contribution is 7.09. The van der Waals surface area contributed by atoms with Crippen LogP contribution >= 0.6 is 11.3 Å². The van der Waals surface area contributed by atoms with Gasteiger partial charge in [0.25, 0.3) is 0 Å². The second kappa shape index (κ2) is 6.22. The zero-order valence-electron chi connectivity index (χ0n) is 12.1. The lowest BCUT2D eigenvalue weighted by molar-refractivity contribution is -0.134. The summed E-state index contributed by atoms with van der Waals surface area (Å²) < 4.78 is 0. The molecule has 1 N–H and O–H groups in total. The van der Waals surface area contributed by atoms with Crippen LogP contribution in [0.1, 0.15) is 49.2 Å². The van der Waals surface area contributed by atoms with Crippen LogP contribution in [0.5, 0.6) is 0 Å². The summed E-state index contributed by atoms with van der Waals surface area (Å²) in [5.74, 6) is 0.749. The number of nitrogens with one attached hydrogen (secondary N) is 1. The number of amides is 1. The van der Waals surface area contributed by atoms with Crippen molar-refractivity contribution in [2.45, 2.75) is 51.0 Å². The molecular formula is C15H23N3OS. The number of hydrogen-bond donors (Lipinski definition) is 1. The predicted molar refractivity (Wildman–Crippen MR) is 81.1 cm³/mol. The van der Waals surface area contributed by atoms with E-state index in [1.807, 2.05) is 0 Å². The maximum atomic E-state index is 12.5. The van der Waals surface area contributed by atoms with Crippen molar-refractivity contribution in [1.29, 1.82) is 0 Å². The number of carbonyl (C=O) groups excluding carboxylic acids is 1. The van der Waals surface area contributed by atoms with Crippen LogP contribution in [0.2, 0.25) is 0 Å². The van der Waals surface area contributed by atoms with Gasteiger partial charge in [0.15, 0.2) is 0 Å². The number of hydrogen-bond acceptors (Lipinski definition) is 4. The number of carbonyl (C=O) groups is 1. The van der Waals surface area contributed by atoms with Crippen LogP contribution in [0.15, 0.2) is 5.38 Å². The van der Waals surface area contributed by atoms with Gasteiger partial charge in [-0.05, 0) is 38.6 Å². The van der Waals surface area contributed by atoms with E-state index in [-0.39, 0.29) is 6.04 Å². The van der Waals surface area contributed by atoms with Gasteiger partial charge in [0.05, 0.1) is 16.7 Å². The van der Waals surface area contributed by atoms with E-state index in [1.165, 1.54) is 17.1 Å². The topological polar surface area (TPSA) is 45.2 Å². The smallest absolute Gasteiger partial charge is 0.239 e. The highest BCUT2D eigenvalue weighted by Crippen LogP contribution is 2.30. The number of rotatable bonds is 3. The molecule has 110 valence electrons. The molecule has 2 aliphatic rings. The van der Waals surface area contributed by atoms with E-state index in [2.05, 4.69) is 22.5 Å². The van der Waals surface area contributed by atoms with Gasteiger partial charge in [0, 0.05) is 24.4 Å². The Kier molecular flexibility index (Phi) is 4.36. The van der Waals surface area contributed by atoms with Crippen molar-refractivity contribution >= 4 is 17.2 Å². The molecule has 3 heterocycles. The summed E-state index contributed by atoms with van der Waals surface area (Å²) in [6.45, 7) is 4.90. The molecule has 2 fully saturated rings. The van der Waals surface area contributed by atoms with E-state index in [0.29, 0.717) is 11.8 Å². The van der Waals surface area contributed by atoms with Gasteiger partial charge in [-0.15, -0.1) is 11.3 Å². The van der Waals surface area contributed by atoms with Crippen LogP contribution < -0.4 is 5.32 Å². The first kappa shape index (κ1) is 14.0. The maximum absolute atomic E-state index is 12.5. The molecule has 2 aliphatic heterocycles. The molecule has 4 nitrogen and oxygen atoms in total. The Morgan fingerprint density at radius 1 is 1.50 bits per heavy atom. The Bertz CT molecular complexity index is 467. The molecule has 3 rings (SSSR count). The van der Waals surface area contributed by atoms with Gasteiger partial charge in [-0.1, -0.05) is 6.92 Å². The quantitative estimate of drug-likeness (QED) is 0.929. The van der Waals surface area contributed by atoms with Crippen molar-refractivity contribution in [2.75, 3.05) is 19.6 Å². The lowest BCUT2D eigenvalue weighted by atomic mass is 9.98. The Balaban J connectivity index is 1.65. The Morgan fingerprint density at radius 3 is 3.10 bits per heavy atom. The fourth-order valence-corrected chi connectivity index (χ4v) is 4.20. The first-order valence-corrected chi connectivity index (χ1v) is 8.62. The van der Waals surface area contributed by atoms with Crippen LogP contribution in [0.25, 0.3) is 0 Å². The lowest BCUT2D eigenvalue weighted by Gasteiger charge is -2.33. The summed E-state index contributed by atoms with van der Waals surface area (Å²) in [4.78, 5) is 19.3. The van der Waals surface area contributed by atoms with E-state index in [4.69, 9.17) is 4.98 Å². The zero-order valence-corrected chi connectivity index (χ0v) is 12.9. The molecule has 0 saturated carbocycles. The Labute approximate surface area is 124 Å². The monoisotopic (exact) mass is 293 g/mol. The molecule has 0 spiro atoms. The third-order valence-electron chi connectivity index (χ3n) is 4.37. The van der Waals surface area contributed by atoms with Gasteiger partial charge in [-0.25, -0.2) is 4.98 Å². The fourth-order valence-electron chi connectivity index (χ4n) is 3.17. The van der Waals surface area contributed by atoms with Crippen molar-refractivity contribution in [2.24, 2.45) is 0 Å². The summed E-state index contributed by atoms with van der Waals surface area (Å²) in [5.41, 5.74) is 1.19. The molecule has 0 radical (unpaired) electrons. The summed E-state index contributed by atoms with van der Waals surface area (Å²) in [5, 5.41) is 6.70. The summed E-state index contributed by atoms with van der Waals surface area (Å²) in [6.07, 6.45) is 5.39. The second-order valence-electron chi connectivity index (χ2n) is 5.80. The molecule has 0 aromatic carbocycles. The van der Waals surface area contributed by atoms with Crippen molar-refractivity contribution < 1.29 is 4.79 Å². The SMILES string of the molecule is CCc1csc(C2CCCN(C(=O)[C@@H]3CCCN3)C2)n1. The van der Waals surface area contributed by atoms with Crippen LogP contribution in [-0.4, -0.2) is 41.5 Å². The number of piperidine rings is 1. The molecule has 0 aliphatic carbocycles. The summed E-state index contributed by atoms with van der Waals surface area (Å²) in [6, 6.07) is 0.0660. The van der Waals surface area contributed by atoms with E-state index >= 15 is 0 Å². The van der Waals surface area contributed by atoms with Gasteiger partial charge in [0.2, 0.25) is 5.91 Å². The molecule has 1 aromatic heterocycles. The van der Waals surface area contributed by atoms with Crippen LogP contribution in [0, 0.1) is 0 Å². The maximum Gasteiger partial charge on any atom is 0.239 e. The fraction of sp³-hybridized carbons (Fsp3) is 0.733.